The molecule has 96 heavy (non-hydrogen) atoms. The minimum absolute atomic E-state index is 0.108. The van der Waals surface area contributed by atoms with Crippen molar-refractivity contribution in [3.05, 3.63) is 11.6 Å². The minimum atomic E-state index is -2.00. The molecule has 4 saturated carbocycles. The van der Waals surface area contributed by atoms with Gasteiger partial charge in [0.25, 0.3) is 0 Å². The van der Waals surface area contributed by atoms with Gasteiger partial charge in [-0.05, 0) is 116 Å². The third-order valence-corrected chi connectivity index (χ3v) is 25.2. The SMILES string of the molecule is CC1OC(OC2CCC3(C)C(CCC4(C)C3CC=C3C5CC(C)(C)CCC5(C(=O)OC5OC(CO)C(OC6OC(C(O)CO)C(O)C6OC6OC(CO)C(O)C(O)C6O)C(O)C5O)CCC34C)C2(C)C)C(O)C(O)C1OC1OC(C(O)CO)C(O)C1OC1OCC(O)C(O)C1O. The molecule has 5 aliphatic carbocycles. The number of carbonyl (C=O) groups excluding carboxylic acids is 1. The van der Waals surface area contributed by atoms with E-state index in [0.29, 0.717) is 44.9 Å². The highest BCUT2D eigenvalue weighted by Crippen LogP contribution is 2.76. The first-order chi connectivity index (χ1) is 45.1. The first-order valence-electron chi connectivity index (χ1n) is 34.1. The first kappa shape index (κ1) is 75.2. The van der Waals surface area contributed by atoms with E-state index in [4.69, 9.17) is 56.8 Å². The molecule has 31 nitrogen and oxygen atoms in total. The predicted octanol–water partition coefficient (Wildman–Crippen LogP) is -4.72. The van der Waals surface area contributed by atoms with Crippen LogP contribution in [0.25, 0.3) is 0 Å². The molecule has 0 bridgehead atoms. The maximum Gasteiger partial charge on any atom is 0.315 e. The Morgan fingerprint density at radius 2 is 1.05 bits per heavy atom. The van der Waals surface area contributed by atoms with Crippen LogP contribution in [0.1, 0.15) is 120 Å². The van der Waals surface area contributed by atoms with Crippen molar-refractivity contribution < 1.29 is 154 Å². The summed E-state index contributed by atoms with van der Waals surface area (Å²) in [5.74, 6) is -0.658. The Labute approximate surface area is 556 Å². The highest BCUT2D eigenvalue weighted by molar-refractivity contribution is 5.79. The van der Waals surface area contributed by atoms with E-state index >= 15 is 4.79 Å². The minimum Gasteiger partial charge on any atom is -0.432 e. The monoisotopic (exact) mass is 1380 g/mol. The van der Waals surface area contributed by atoms with Crippen molar-refractivity contribution in [1.29, 1.82) is 0 Å². The summed E-state index contributed by atoms with van der Waals surface area (Å²) in [6.07, 6.45) is -39.8. The number of carbonyl (C=O) groups is 1. The highest BCUT2D eigenvalue weighted by atomic mass is 16.8. The number of allylic oxidation sites excluding steroid dienone is 2. The van der Waals surface area contributed by atoms with Gasteiger partial charge in [0.15, 0.2) is 31.5 Å². The van der Waals surface area contributed by atoms with Gasteiger partial charge in [0.1, 0.15) is 134 Å². The van der Waals surface area contributed by atoms with Gasteiger partial charge in [-0.2, -0.15) is 0 Å². The van der Waals surface area contributed by atoms with E-state index in [0.717, 1.165) is 19.3 Å². The fourth-order valence-corrected chi connectivity index (χ4v) is 19.2. The molecule has 10 fully saturated rings. The lowest BCUT2D eigenvalue weighted by atomic mass is 9.33. The zero-order valence-corrected chi connectivity index (χ0v) is 55.6. The lowest BCUT2D eigenvalue weighted by molar-refractivity contribution is -0.351. The first-order valence-corrected chi connectivity index (χ1v) is 34.1. The summed E-state index contributed by atoms with van der Waals surface area (Å²) in [5, 5.41) is 194. The average Bonchev–Trinajstić information content (AvgIpc) is 0.880. The second kappa shape index (κ2) is 28.3. The molecule has 37 unspecified atom stereocenters. The third-order valence-electron chi connectivity index (χ3n) is 25.2. The van der Waals surface area contributed by atoms with E-state index in [-0.39, 0.29) is 34.0 Å². The van der Waals surface area contributed by atoms with Gasteiger partial charge >= 0.3 is 5.97 Å². The van der Waals surface area contributed by atoms with Crippen LogP contribution in [0.4, 0.5) is 0 Å². The van der Waals surface area contributed by atoms with Gasteiger partial charge < -0.3 is 149 Å². The highest BCUT2D eigenvalue weighted by Gasteiger charge is 2.71. The second-order valence-electron chi connectivity index (χ2n) is 31.4. The molecule has 6 aliphatic heterocycles. The summed E-state index contributed by atoms with van der Waals surface area (Å²) in [6, 6.07) is 0. The normalized spacial score (nSPS) is 53.0. The van der Waals surface area contributed by atoms with Gasteiger partial charge in [0.05, 0.1) is 50.7 Å². The van der Waals surface area contributed by atoms with Crippen LogP contribution < -0.4 is 0 Å². The van der Waals surface area contributed by atoms with Crippen molar-refractivity contribution in [2.45, 2.75) is 304 Å². The van der Waals surface area contributed by atoms with Crippen molar-refractivity contribution in [1.82, 2.24) is 0 Å². The van der Waals surface area contributed by atoms with E-state index in [1.165, 1.54) is 5.57 Å². The van der Waals surface area contributed by atoms with E-state index in [1.807, 2.05) is 0 Å². The average molecular weight is 1380 g/mol. The molecule has 552 valence electrons. The van der Waals surface area contributed by atoms with Gasteiger partial charge in [-0.25, -0.2) is 0 Å². The summed E-state index contributed by atoms with van der Waals surface area (Å²) in [5.41, 5.74) is -1.50. The third kappa shape index (κ3) is 12.8. The summed E-state index contributed by atoms with van der Waals surface area (Å²) < 4.78 is 71.8. The molecule has 0 aromatic rings. The molecule has 18 N–H and O–H groups in total. The maximum atomic E-state index is 15.4. The van der Waals surface area contributed by atoms with Crippen molar-refractivity contribution >= 4 is 5.97 Å². The van der Waals surface area contributed by atoms with Crippen molar-refractivity contribution in [2.24, 2.45) is 50.2 Å². The van der Waals surface area contributed by atoms with Gasteiger partial charge in [0.2, 0.25) is 6.29 Å². The Morgan fingerprint density at radius 1 is 0.521 bits per heavy atom. The van der Waals surface area contributed by atoms with E-state index in [9.17, 15) is 91.9 Å². The molecular weight excluding hydrogens is 1280 g/mol. The largest absolute Gasteiger partial charge is 0.432 e. The van der Waals surface area contributed by atoms with Gasteiger partial charge in [0, 0.05) is 0 Å². The second-order valence-corrected chi connectivity index (χ2v) is 31.4. The zero-order chi connectivity index (χ0) is 70.0. The Hall–Kier alpha value is -1.95. The van der Waals surface area contributed by atoms with Crippen LogP contribution in [0.5, 0.6) is 0 Å². The quantitative estimate of drug-likeness (QED) is 0.0348. The summed E-state index contributed by atoms with van der Waals surface area (Å²) in [6.45, 7) is 13.6. The van der Waals surface area contributed by atoms with Crippen molar-refractivity contribution in [3.63, 3.8) is 0 Å². The van der Waals surface area contributed by atoms with E-state index < -0.39 is 239 Å². The number of hydrogen-bond donors (Lipinski definition) is 18. The summed E-state index contributed by atoms with van der Waals surface area (Å²) >= 11 is 0. The lowest BCUT2D eigenvalue weighted by Gasteiger charge is -2.71. The van der Waals surface area contributed by atoms with Gasteiger partial charge in [-0.1, -0.05) is 60.1 Å². The molecule has 37 atom stereocenters. The number of fused-ring (bicyclic) bond motifs is 7. The zero-order valence-electron chi connectivity index (χ0n) is 55.6. The summed E-state index contributed by atoms with van der Waals surface area (Å²) in [4.78, 5) is 15.4. The molecule has 31 heteroatoms. The van der Waals surface area contributed by atoms with E-state index in [1.54, 1.807) is 6.92 Å². The lowest BCUT2D eigenvalue weighted by Crippen LogP contribution is -2.66. The van der Waals surface area contributed by atoms with Crippen LogP contribution in [0.15, 0.2) is 11.6 Å². The molecule has 6 heterocycles. The van der Waals surface area contributed by atoms with Crippen LogP contribution in [-0.2, 0) is 61.6 Å². The molecule has 11 rings (SSSR count). The van der Waals surface area contributed by atoms with Crippen LogP contribution in [0.3, 0.4) is 0 Å². The van der Waals surface area contributed by atoms with Crippen molar-refractivity contribution in [3.8, 4) is 0 Å². The molecular formula is C65H106O31. The Balaban J connectivity index is 0.762. The number of rotatable bonds is 18. The molecule has 0 radical (unpaired) electrons. The van der Waals surface area contributed by atoms with Gasteiger partial charge in [-0.3, -0.25) is 4.79 Å². The Morgan fingerprint density at radius 3 is 1.67 bits per heavy atom. The molecule has 0 aromatic carbocycles. The predicted molar refractivity (Wildman–Crippen MR) is 321 cm³/mol. The number of aliphatic hydroxyl groups is 18. The van der Waals surface area contributed by atoms with Crippen LogP contribution in [0, 0.1) is 50.2 Å². The standard InChI is InChI=1S/C65H106O31/c1-25-47(90-57-51(45(82)48(91-57)28(70)20-66)94-53-41(78)36(73)30(72)24-85-53)39(76)43(80)54(86-25)89-35-12-13-62(6)33(61(35,4)5)11-14-64(8)34(62)10-9-26-27-19-60(2,3)15-17-65(27,18-16-63(26,64)7)59(84)96-56-44(81)40(77)50(32(23-69)88-56)93-58-52(46(83)49(92-58)29(71)21-67)95-55-42(79)38(75)37(74)31(22-68)87-55/h9,25,27-58,66-83H,10-24H2,1-8H3. The topological polar surface area (TPSA) is 492 Å². The molecule has 0 amide bonds. The number of ether oxygens (including phenoxy) is 12. The fraction of sp³-hybridized carbons (Fsp3) is 0.954. The molecule has 6 saturated heterocycles. The fourth-order valence-electron chi connectivity index (χ4n) is 19.2. The number of esters is 1. The molecule has 11 aliphatic rings. The Kier molecular flexibility index (Phi) is 22.1. The van der Waals surface area contributed by atoms with Crippen LogP contribution in [-0.4, -0.2) is 315 Å². The summed E-state index contributed by atoms with van der Waals surface area (Å²) in [7, 11) is 0. The Bertz CT molecular complexity index is 2690. The van der Waals surface area contributed by atoms with Crippen LogP contribution >= 0.6 is 0 Å². The number of aliphatic hydroxyl groups excluding tert-OH is 18. The molecule has 0 spiro atoms. The number of hydrogen-bond acceptors (Lipinski definition) is 31. The smallest absolute Gasteiger partial charge is 0.315 e. The molecule has 0 aromatic heterocycles. The van der Waals surface area contributed by atoms with Crippen LogP contribution in [0.2, 0.25) is 0 Å². The van der Waals surface area contributed by atoms with Gasteiger partial charge in [-0.15, -0.1) is 0 Å². The van der Waals surface area contributed by atoms with Crippen molar-refractivity contribution in [2.75, 3.05) is 33.0 Å². The van der Waals surface area contributed by atoms with E-state index in [2.05, 4.69) is 54.5 Å². The maximum absolute atomic E-state index is 15.4.